The van der Waals surface area contributed by atoms with Crippen molar-refractivity contribution in [3.63, 3.8) is 0 Å². The smallest absolute Gasteiger partial charge is 0.0997 e. The molecule has 0 spiro atoms. The van der Waals surface area contributed by atoms with Gasteiger partial charge >= 0.3 is 0 Å². The highest BCUT2D eigenvalue weighted by Gasteiger charge is 2.49. The first-order valence-electron chi connectivity index (χ1n) is 6.09. The lowest BCUT2D eigenvalue weighted by molar-refractivity contribution is -0.0778. The summed E-state index contributed by atoms with van der Waals surface area (Å²) < 4.78 is 6.13. The summed E-state index contributed by atoms with van der Waals surface area (Å²) in [5.41, 5.74) is 0.718. The Balaban J connectivity index is 2.26. The fraction of sp³-hybridized carbons (Fsp3) is 0.833. The highest BCUT2D eigenvalue weighted by atomic mass is 16.5. The van der Waals surface area contributed by atoms with Gasteiger partial charge in [-0.05, 0) is 41.2 Å². The average Bonchev–Trinajstić information content (AvgIpc) is 2.74. The first-order chi connectivity index (χ1) is 7.86. The van der Waals surface area contributed by atoms with Crippen LogP contribution in [-0.2, 0) is 4.74 Å². The predicted octanol–water partition coefficient (Wildman–Crippen LogP) is 1.66. The van der Waals surface area contributed by atoms with Gasteiger partial charge in [0, 0.05) is 5.92 Å². The molecule has 5 heteroatoms. The molecular weight excluding hydrogens is 216 g/mol. The van der Waals surface area contributed by atoms with Gasteiger partial charge in [0.25, 0.3) is 0 Å². The third-order valence-electron chi connectivity index (χ3n) is 3.61. The second-order valence-corrected chi connectivity index (χ2v) is 5.94. The van der Waals surface area contributed by atoms with Gasteiger partial charge in [-0.2, -0.15) is 15.4 Å². The Morgan fingerprint density at radius 3 is 2.59 bits per heavy atom. The summed E-state index contributed by atoms with van der Waals surface area (Å²) in [6, 6.07) is 0.172. The minimum absolute atomic E-state index is 0.0764. The minimum atomic E-state index is -0.157. The number of nitrogens with one attached hydrogen (secondary N) is 2. The third kappa shape index (κ3) is 2.35. The molecule has 0 bridgehead atoms. The molecule has 1 aliphatic rings. The maximum atomic E-state index is 6.13. The van der Waals surface area contributed by atoms with E-state index < -0.39 is 0 Å². The number of aromatic amines is 1. The lowest BCUT2D eigenvalue weighted by Gasteiger charge is -2.31. The average molecular weight is 238 g/mol. The maximum absolute atomic E-state index is 6.13. The topological polar surface area (TPSA) is 62.8 Å². The third-order valence-corrected chi connectivity index (χ3v) is 3.61. The van der Waals surface area contributed by atoms with E-state index in [2.05, 4.69) is 48.4 Å². The van der Waals surface area contributed by atoms with Gasteiger partial charge in [0.15, 0.2) is 0 Å². The van der Waals surface area contributed by atoms with Gasteiger partial charge < -0.3 is 10.1 Å². The van der Waals surface area contributed by atoms with Gasteiger partial charge in [-0.3, -0.25) is 0 Å². The summed E-state index contributed by atoms with van der Waals surface area (Å²) in [5, 5.41) is 14.1. The molecule has 5 nitrogen and oxygen atoms in total. The molecule has 0 saturated carbocycles. The molecule has 96 valence electrons. The van der Waals surface area contributed by atoms with Crippen molar-refractivity contribution in [1.29, 1.82) is 0 Å². The second kappa shape index (κ2) is 4.07. The van der Waals surface area contributed by atoms with E-state index in [0.29, 0.717) is 5.92 Å². The van der Waals surface area contributed by atoms with Crippen molar-refractivity contribution >= 4 is 0 Å². The van der Waals surface area contributed by atoms with Crippen LogP contribution in [0.15, 0.2) is 6.20 Å². The van der Waals surface area contributed by atoms with Crippen LogP contribution in [0.3, 0.4) is 0 Å². The molecule has 0 radical (unpaired) electrons. The van der Waals surface area contributed by atoms with Gasteiger partial charge in [0.2, 0.25) is 0 Å². The molecular formula is C12H22N4O. The van der Waals surface area contributed by atoms with E-state index in [1.54, 1.807) is 6.20 Å². The van der Waals surface area contributed by atoms with Gasteiger partial charge in [0.1, 0.15) is 0 Å². The van der Waals surface area contributed by atoms with Crippen LogP contribution in [-0.4, -0.2) is 33.7 Å². The van der Waals surface area contributed by atoms with Crippen LogP contribution >= 0.6 is 0 Å². The van der Waals surface area contributed by atoms with E-state index in [0.717, 1.165) is 12.1 Å². The van der Waals surface area contributed by atoms with Crippen LogP contribution in [0.5, 0.6) is 0 Å². The zero-order chi connectivity index (χ0) is 12.7. The van der Waals surface area contributed by atoms with E-state index >= 15 is 0 Å². The molecule has 0 aliphatic carbocycles. The highest BCUT2D eigenvalue weighted by Crippen LogP contribution is 2.47. The molecule has 17 heavy (non-hydrogen) atoms. The number of ether oxygens (including phenoxy) is 1. The van der Waals surface area contributed by atoms with Crippen molar-refractivity contribution in [2.24, 2.45) is 5.92 Å². The number of nitrogens with zero attached hydrogens (tertiary/aromatic N) is 2. The molecule has 1 aromatic rings. The van der Waals surface area contributed by atoms with Crippen LogP contribution in [0.4, 0.5) is 0 Å². The van der Waals surface area contributed by atoms with Crippen molar-refractivity contribution in [2.45, 2.75) is 51.4 Å². The molecule has 1 aromatic heterocycles. The van der Waals surface area contributed by atoms with E-state index in [-0.39, 0.29) is 17.2 Å². The molecule has 2 rings (SSSR count). The lowest BCUT2D eigenvalue weighted by atomic mass is 9.80. The van der Waals surface area contributed by atoms with Crippen molar-refractivity contribution in [3.05, 3.63) is 11.9 Å². The van der Waals surface area contributed by atoms with E-state index in [1.165, 1.54) is 0 Å². The number of H-pyrrole nitrogens is 1. The Kier molecular flexibility index (Phi) is 2.99. The second-order valence-electron chi connectivity index (χ2n) is 5.94. The quantitative estimate of drug-likeness (QED) is 0.840. The standard InChI is InChI=1S/C12H22N4O/c1-11(2)6-8(12(3,4)17-11)10(13-5)9-7-14-16-15-9/h7-8,10,13H,6H2,1-5H3,(H,14,15,16). The Hall–Kier alpha value is -0.940. The van der Waals surface area contributed by atoms with Crippen LogP contribution in [0.1, 0.15) is 45.9 Å². The molecule has 2 atom stereocenters. The highest BCUT2D eigenvalue weighted by molar-refractivity contribution is 5.09. The summed E-state index contributed by atoms with van der Waals surface area (Å²) in [6.07, 6.45) is 2.79. The van der Waals surface area contributed by atoms with Crippen molar-refractivity contribution in [1.82, 2.24) is 20.7 Å². The summed E-state index contributed by atoms with van der Waals surface area (Å²) in [6.45, 7) is 8.59. The summed E-state index contributed by atoms with van der Waals surface area (Å²) in [5.74, 6) is 0.382. The fourth-order valence-electron chi connectivity index (χ4n) is 3.04. The fourth-order valence-corrected chi connectivity index (χ4v) is 3.04. The molecule has 0 aromatic carbocycles. The Labute approximate surface area is 102 Å². The van der Waals surface area contributed by atoms with Crippen LogP contribution in [0.25, 0.3) is 0 Å². The van der Waals surface area contributed by atoms with Crippen LogP contribution in [0.2, 0.25) is 0 Å². The Bertz CT molecular complexity index is 372. The molecule has 1 aliphatic heterocycles. The van der Waals surface area contributed by atoms with Crippen molar-refractivity contribution in [3.8, 4) is 0 Å². The molecule has 1 fully saturated rings. The first kappa shape index (κ1) is 12.5. The summed E-state index contributed by atoms with van der Waals surface area (Å²) in [4.78, 5) is 0. The number of rotatable bonds is 3. The van der Waals surface area contributed by atoms with Crippen molar-refractivity contribution < 1.29 is 4.74 Å². The Morgan fingerprint density at radius 2 is 2.18 bits per heavy atom. The van der Waals surface area contributed by atoms with E-state index in [9.17, 15) is 0 Å². The predicted molar refractivity (Wildman–Crippen MR) is 65.5 cm³/mol. The molecule has 1 saturated heterocycles. The van der Waals surface area contributed by atoms with Gasteiger partial charge in [0.05, 0.1) is 29.1 Å². The normalized spacial score (nSPS) is 28.2. The monoisotopic (exact) mass is 238 g/mol. The maximum Gasteiger partial charge on any atom is 0.0997 e. The summed E-state index contributed by atoms with van der Waals surface area (Å²) in [7, 11) is 1.96. The number of aromatic nitrogens is 3. The van der Waals surface area contributed by atoms with E-state index in [1.807, 2.05) is 7.05 Å². The largest absolute Gasteiger partial charge is 0.369 e. The van der Waals surface area contributed by atoms with Gasteiger partial charge in [-0.25, -0.2) is 0 Å². The van der Waals surface area contributed by atoms with Crippen molar-refractivity contribution in [2.75, 3.05) is 7.05 Å². The SMILES string of the molecule is CNC(c1cn[nH]n1)C1CC(C)(C)OC1(C)C. The molecule has 2 unspecified atom stereocenters. The van der Waals surface area contributed by atoms with Crippen LogP contribution in [0, 0.1) is 5.92 Å². The zero-order valence-corrected chi connectivity index (χ0v) is 11.2. The first-order valence-corrected chi connectivity index (χ1v) is 6.09. The molecule has 2 N–H and O–H groups in total. The van der Waals surface area contributed by atoms with Gasteiger partial charge in [-0.15, -0.1) is 0 Å². The lowest BCUT2D eigenvalue weighted by Crippen LogP contribution is -2.37. The molecule has 0 amide bonds. The number of hydrogen-bond acceptors (Lipinski definition) is 4. The van der Waals surface area contributed by atoms with Crippen LogP contribution < -0.4 is 5.32 Å². The minimum Gasteiger partial charge on any atom is -0.369 e. The zero-order valence-electron chi connectivity index (χ0n) is 11.2. The van der Waals surface area contributed by atoms with Gasteiger partial charge in [-0.1, -0.05) is 0 Å². The van der Waals surface area contributed by atoms with E-state index in [4.69, 9.17) is 4.74 Å². The Morgan fingerprint density at radius 1 is 1.47 bits per heavy atom. The molecule has 2 heterocycles. The number of hydrogen-bond donors (Lipinski definition) is 2. The summed E-state index contributed by atoms with van der Waals surface area (Å²) >= 11 is 0.